The van der Waals surface area contributed by atoms with E-state index < -0.39 is 0 Å². The monoisotopic (exact) mass is 217 g/mol. The van der Waals surface area contributed by atoms with Crippen molar-refractivity contribution in [3.63, 3.8) is 0 Å². The van der Waals surface area contributed by atoms with Crippen molar-refractivity contribution in [2.45, 2.75) is 19.9 Å². The van der Waals surface area contributed by atoms with Crippen LogP contribution in [-0.4, -0.2) is 20.1 Å². The van der Waals surface area contributed by atoms with Crippen molar-refractivity contribution >= 4 is 11.4 Å². The normalized spacial score (nSPS) is 12.0. The zero-order chi connectivity index (χ0) is 12.1. The third-order valence-corrected chi connectivity index (χ3v) is 2.51. The van der Waals surface area contributed by atoms with Gasteiger partial charge in [0, 0.05) is 25.5 Å². The lowest BCUT2D eigenvalue weighted by atomic mass is 10.1. The highest BCUT2D eigenvalue weighted by Gasteiger charge is 2.11. The molecule has 16 heavy (non-hydrogen) atoms. The smallest absolute Gasteiger partial charge is 0.116 e. The van der Waals surface area contributed by atoms with Crippen LogP contribution in [0.5, 0.6) is 0 Å². The summed E-state index contributed by atoms with van der Waals surface area (Å²) in [7, 11) is 4.02. The number of nitriles is 1. The first-order chi connectivity index (χ1) is 7.54. The van der Waals surface area contributed by atoms with E-state index in [4.69, 9.17) is 5.26 Å². The van der Waals surface area contributed by atoms with Crippen molar-refractivity contribution in [3.8, 4) is 6.07 Å². The molecule has 1 N–H and O–H groups in total. The van der Waals surface area contributed by atoms with E-state index in [1.54, 1.807) is 0 Å². The molecule has 0 aromatic heterocycles. The van der Waals surface area contributed by atoms with Gasteiger partial charge in [-0.25, -0.2) is 0 Å². The topological polar surface area (TPSA) is 39.1 Å². The maximum absolute atomic E-state index is 8.98. The fourth-order valence-corrected chi connectivity index (χ4v) is 1.38. The summed E-state index contributed by atoms with van der Waals surface area (Å²) in [4.78, 5) is 2.05. The lowest BCUT2D eigenvalue weighted by Crippen LogP contribution is -2.23. The van der Waals surface area contributed by atoms with Crippen LogP contribution in [0, 0.1) is 17.2 Å². The molecule has 0 fully saturated rings. The molecule has 3 heteroatoms. The number of nitrogens with one attached hydrogen (secondary N) is 1. The fourth-order valence-electron chi connectivity index (χ4n) is 1.38. The summed E-state index contributed by atoms with van der Waals surface area (Å²) < 4.78 is 0. The molecule has 0 heterocycles. The highest BCUT2D eigenvalue weighted by molar-refractivity contribution is 5.55. The number of hydrogen-bond donors (Lipinski definition) is 1. The molecule has 0 bridgehead atoms. The van der Waals surface area contributed by atoms with Gasteiger partial charge in [-0.3, -0.25) is 0 Å². The highest BCUT2D eigenvalue weighted by Crippen LogP contribution is 2.17. The zero-order valence-corrected chi connectivity index (χ0v) is 10.4. The van der Waals surface area contributed by atoms with E-state index in [0.29, 0.717) is 5.92 Å². The number of benzene rings is 1. The van der Waals surface area contributed by atoms with Crippen molar-refractivity contribution in [1.82, 2.24) is 0 Å². The molecule has 0 amide bonds. The van der Waals surface area contributed by atoms with Crippen LogP contribution >= 0.6 is 0 Å². The van der Waals surface area contributed by atoms with Crippen LogP contribution in [0.4, 0.5) is 11.4 Å². The average Bonchev–Trinajstić information content (AvgIpc) is 2.26. The van der Waals surface area contributed by atoms with Crippen LogP contribution < -0.4 is 10.2 Å². The van der Waals surface area contributed by atoms with Crippen LogP contribution in [0.3, 0.4) is 0 Å². The quantitative estimate of drug-likeness (QED) is 0.842. The van der Waals surface area contributed by atoms with Crippen LogP contribution in [0.15, 0.2) is 24.3 Å². The van der Waals surface area contributed by atoms with Crippen molar-refractivity contribution < 1.29 is 0 Å². The van der Waals surface area contributed by atoms with Gasteiger partial charge in [0.1, 0.15) is 6.04 Å². The van der Waals surface area contributed by atoms with E-state index in [-0.39, 0.29) is 6.04 Å². The maximum Gasteiger partial charge on any atom is 0.116 e. The van der Waals surface area contributed by atoms with Crippen LogP contribution in [-0.2, 0) is 0 Å². The Morgan fingerprint density at radius 1 is 1.19 bits per heavy atom. The van der Waals surface area contributed by atoms with Crippen molar-refractivity contribution in [3.05, 3.63) is 24.3 Å². The molecular weight excluding hydrogens is 198 g/mol. The Morgan fingerprint density at radius 3 is 2.12 bits per heavy atom. The van der Waals surface area contributed by atoms with Crippen molar-refractivity contribution in [1.29, 1.82) is 5.26 Å². The van der Waals surface area contributed by atoms with Gasteiger partial charge in [0.05, 0.1) is 6.07 Å². The molecule has 0 radical (unpaired) electrons. The Kier molecular flexibility index (Phi) is 4.19. The number of nitrogens with zero attached hydrogens (tertiary/aromatic N) is 2. The van der Waals surface area contributed by atoms with Gasteiger partial charge in [-0.1, -0.05) is 13.8 Å². The summed E-state index contributed by atoms with van der Waals surface area (Å²) in [5, 5.41) is 12.2. The lowest BCUT2D eigenvalue weighted by Gasteiger charge is -2.17. The number of anilines is 2. The molecule has 0 aliphatic rings. The largest absolute Gasteiger partial charge is 0.378 e. The van der Waals surface area contributed by atoms with Gasteiger partial charge in [-0.15, -0.1) is 0 Å². The van der Waals surface area contributed by atoms with E-state index in [0.717, 1.165) is 11.4 Å². The molecule has 1 rings (SSSR count). The molecule has 1 atom stereocenters. The molecule has 86 valence electrons. The van der Waals surface area contributed by atoms with Gasteiger partial charge in [0.15, 0.2) is 0 Å². The van der Waals surface area contributed by atoms with E-state index in [1.165, 1.54) is 0 Å². The fraction of sp³-hybridized carbons (Fsp3) is 0.462. The second-order valence-corrected chi connectivity index (χ2v) is 4.44. The SMILES string of the molecule is CC(C)C(C#N)Nc1ccc(N(C)C)cc1. The van der Waals surface area contributed by atoms with E-state index in [2.05, 4.69) is 11.4 Å². The minimum absolute atomic E-state index is 0.134. The summed E-state index contributed by atoms with van der Waals surface area (Å²) in [5.74, 6) is 0.304. The molecule has 1 aromatic rings. The second kappa shape index (κ2) is 5.41. The summed E-state index contributed by atoms with van der Waals surface area (Å²) in [6.45, 7) is 4.07. The molecular formula is C13H19N3. The number of rotatable bonds is 4. The lowest BCUT2D eigenvalue weighted by molar-refractivity contribution is 0.609. The van der Waals surface area contributed by atoms with Gasteiger partial charge < -0.3 is 10.2 Å². The Bertz CT molecular complexity index is 360. The van der Waals surface area contributed by atoms with E-state index >= 15 is 0 Å². The Hall–Kier alpha value is -1.69. The Morgan fingerprint density at radius 2 is 1.75 bits per heavy atom. The summed E-state index contributed by atoms with van der Waals surface area (Å²) in [6, 6.07) is 10.2. The zero-order valence-electron chi connectivity index (χ0n) is 10.4. The first kappa shape index (κ1) is 12.4. The van der Waals surface area contributed by atoms with Crippen molar-refractivity contribution in [2.75, 3.05) is 24.3 Å². The summed E-state index contributed by atoms with van der Waals surface area (Å²) in [6.07, 6.45) is 0. The first-order valence-corrected chi connectivity index (χ1v) is 5.48. The third kappa shape index (κ3) is 3.16. The first-order valence-electron chi connectivity index (χ1n) is 5.48. The molecule has 0 spiro atoms. The second-order valence-electron chi connectivity index (χ2n) is 4.44. The third-order valence-electron chi connectivity index (χ3n) is 2.51. The summed E-state index contributed by atoms with van der Waals surface area (Å²) >= 11 is 0. The van der Waals surface area contributed by atoms with Crippen LogP contribution in [0.1, 0.15) is 13.8 Å². The maximum atomic E-state index is 8.98. The summed E-state index contributed by atoms with van der Waals surface area (Å²) in [5.41, 5.74) is 2.15. The predicted octanol–water partition coefficient (Wildman–Crippen LogP) is 2.71. The Labute approximate surface area is 97.7 Å². The molecule has 0 aliphatic carbocycles. The minimum Gasteiger partial charge on any atom is -0.378 e. The molecule has 0 saturated carbocycles. The van der Waals surface area contributed by atoms with Crippen LogP contribution in [0.25, 0.3) is 0 Å². The van der Waals surface area contributed by atoms with Gasteiger partial charge >= 0.3 is 0 Å². The van der Waals surface area contributed by atoms with E-state index in [1.807, 2.05) is 57.1 Å². The van der Waals surface area contributed by atoms with Gasteiger partial charge in [0.2, 0.25) is 0 Å². The average molecular weight is 217 g/mol. The Balaban J connectivity index is 2.72. The molecule has 3 nitrogen and oxygen atoms in total. The van der Waals surface area contributed by atoms with Gasteiger partial charge in [-0.2, -0.15) is 5.26 Å². The van der Waals surface area contributed by atoms with E-state index in [9.17, 15) is 0 Å². The highest BCUT2D eigenvalue weighted by atomic mass is 15.1. The van der Waals surface area contributed by atoms with Gasteiger partial charge in [-0.05, 0) is 30.2 Å². The minimum atomic E-state index is -0.134. The molecule has 1 unspecified atom stereocenters. The van der Waals surface area contributed by atoms with Crippen LogP contribution in [0.2, 0.25) is 0 Å². The number of hydrogen-bond acceptors (Lipinski definition) is 3. The van der Waals surface area contributed by atoms with Gasteiger partial charge in [0.25, 0.3) is 0 Å². The molecule has 0 aliphatic heterocycles. The molecule has 0 saturated heterocycles. The standard InChI is InChI=1S/C13H19N3/c1-10(2)13(9-14)15-11-5-7-12(8-6-11)16(3)4/h5-8,10,13,15H,1-4H3. The van der Waals surface area contributed by atoms with Crippen molar-refractivity contribution in [2.24, 2.45) is 5.92 Å². The molecule has 1 aromatic carbocycles. The predicted molar refractivity (Wildman–Crippen MR) is 68.6 cm³/mol.